The van der Waals surface area contributed by atoms with E-state index in [0.717, 1.165) is 5.56 Å². The lowest BCUT2D eigenvalue weighted by Crippen LogP contribution is -2.10. The van der Waals surface area contributed by atoms with Crippen molar-refractivity contribution in [2.24, 2.45) is 0 Å². The van der Waals surface area contributed by atoms with Gasteiger partial charge in [-0.25, -0.2) is 9.59 Å². The van der Waals surface area contributed by atoms with Gasteiger partial charge in [0.1, 0.15) is 12.4 Å². The number of ether oxygens (including phenoxy) is 1. The van der Waals surface area contributed by atoms with E-state index < -0.39 is 11.6 Å². The highest BCUT2D eigenvalue weighted by Crippen LogP contribution is 2.07. The van der Waals surface area contributed by atoms with Gasteiger partial charge in [-0.2, -0.15) is 0 Å². The third kappa shape index (κ3) is 2.82. The van der Waals surface area contributed by atoms with Crippen LogP contribution in [0.15, 0.2) is 27.4 Å². The van der Waals surface area contributed by atoms with Crippen LogP contribution in [0.2, 0.25) is 0 Å². The molecule has 0 unspecified atom stereocenters. The molecule has 1 aromatic heterocycles. The Bertz CT molecular complexity index is 482. The molecule has 0 saturated carbocycles. The van der Waals surface area contributed by atoms with Gasteiger partial charge in [0.25, 0.3) is 0 Å². The third-order valence-electron chi connectivity index (χ3n) is 2.19. The van der Waals surface area contributed by atoms with Gasteiger partial charge in [-0.05, 0) is 32.4 Å². The van der Waals surface area contributed by atoms with Gasteiger partial charge in [0, 0.05) is 11.1 Å². The van der Waals surface area contributed by atoms with E-state index in [0.29, 0.717) is 16.9 Å². The second-order valence-electron chi connectivity index (χ2n) is 3.66. The molecule has 1 rings (SSSR count). The van der Waals surface area contributed by atoms with E-state index in [2.05, 4.69) is 6.58 Å². The molecule has 1 aromatic rings. The molecule has 0 N–H and O–H groups in total. The SMILES string of the molecule is C=C(C)C(=O)OCc1cc(C)c(C)c(=O)o1. The number of hydrogen-bond acceptors (Lipinski definition) is 4. The van der Waals surface area contributed by atoms with Crippen molar-refractivity contribution in [3.8, 4) is 0 Å². The van der Waals surface area contributed by atoms with Crippen LogP contribution in [0.1, 0.15) is 23.8 Å². The minimum atomic E-state index is -0.499. The molecule has 0 fully saturated rings. The summed E-state index contributed by atoms with van der Waals surface area (Å²) in [6.07, 6.45) is 0. The van der Waals surface area contributed by atoms with Crippen molar-refractivity contribution in [3.63, 3.8) is 0 Å². The maximum atomic E-state index is 11.3. The van der Waals surface area contributed by atoms with Crippen LogP contribution in [-0.4, -0.2) is 5.97 Å². The molecule has 1 heterocycles. The summed E-state index contributed by atoms with van der Waals surface area (Å²) in [5, 5.41) is 0. The fourth-order valence-corrected chi connectivity index (χ4v) is 1.07. The predicted molar refractivity (Wildman–Crippen MR) is 59.1 cm³/mol. The third-order valence-corrected chi connectivity index (χ3v) is 2.19. The van der Waals surface area contributed by atoms with Crippen LogP contribution in [0, 0.1) is 13.8 Å². The summed E-state index contributed by atoms with van der Waals surface area (Å²) in [4.78, 5) is 22.4. The van der Waals surface area contributed by atoms with Crippen molar-refractivity contribution < 1.29 is 13.9 Å². The minimum absolute atomic E-state index is 0.0535. The van der Waals surface area contributed by atoms with Crippen molar-refractivity contribution in [2.75, 3.05) is 0 Å². The molecule has 0 atom stereocenters. The standard InChI is InChI=1S/C12H14O4/c1-7(2)11(13)15-6-10-5-8(3)9(4)12(14)16-10/h5H,1,6H2,2-4H3. The summed E-state index contributed by atoms with van der Waals surface area (Å²) in [5.74, 6) is -0.163. The van der Waals surface area contributed by atoms with Crippen molar-refractivity contribution in [1.82, 2.24) is 0 Å². The van der Waals surface area contributed by atoms with Gasteiger partial charge in [-0.3, -0.25) is 0 Å². The molecule has 0 aliphatic rings. The minimum Gasteiger partial charge on any atom is -0.454 e. The Kier molecular flexibility index (Phi) is 3.66. The molecule has 0 aliphatic heterocycles. The van der Waals surface area contributed by atoms with Gasteiger partial charge in [-0.15, -0.1) is 0 Å². The molecule has 0 amide bonds. The first kappa shape index (κ1) is 12.2. The summed E-state index contributed by atoms with van der Waals surface area (Å²) in [6, 6.07) is 1.68. The molecule has 4 heteroatoms. The van der Waals surface area contributed by atoms with Crippen LogP contribution < -0.4 is 5.63 Å². The largest absolute Gasteiger partial charge is 0.454 e. The molecule has 0 aromatic carbocycles. The lowest BCUT2D eigenvalue weighted by Gasteiger charge is -2.05. The fourth-order valence-electron chi connectivity index (χ4n) is 1.07. The summed E-state index contributed by atoms with van der Waals surface area (Å²) in [5.41, 5.74) is 1.29. The lowest BCUT2D eigenvalue weighted by molar-refractivity contribution is -0.140. The summed E-state index contributed by atoms with van der Waals surface area (Å²) in [7, 11) is 0. The molecule has 0 bridgehead atoms. The number of hydrogen-bond donors (Lipinski definition) is 0. The van der Waals surface area contributed by atoms with Gasteiger partial charge < -0.3 is 9.15 Å². The van der Waals surface area contributed by atoms with Crippen molar-refractivity contribution in [3.05, 3.63) is 45.5 Å². The lowest BCUT2D eigenvalue weighted by atomic mass is 10.2. The molecular weight excluding hydrogens is 208 g/mol. The van der Waals surface area contributed by atoms with E-state index in [1.165, 1.54) is 0 Å². The first-order valence-electron chi connectivity index (χ1n) is 4.84. The molecule has 4 nitrogen and oxygen atoms in total. The van der Waals surface area contributed by atoms with Crippen molar-refractivity contribution >= 4 is 5.97 Å². The van der Waals surface area contributed by atoms with E-state index in [-0.39, 0.29) is 6.61 Å². The zero-order valence-electron chi connectivity index (χ0n) is 9.62. The van der Waals surface area contributed by atoms with Crippen molar-refractivity contribution in [1.29, 1.82) is 0 Å². The van der Waals surface area contributed by atoms with Gasteiger partial charge in [0.05, 0.1) is 0 Å². The Morgan fingerprint density at radius 1 is 1.50 bits per heavy atom. The van der Waals surface area contributed by atoms with Gasteiger partial charge >= 0.3 is 11.6 Å². The Morgan fingerprint density at radius 3 is 2.62 bits per heavy atom. The average Bonchev–Trinajstić information content (AvgIpc) is 2.22. The van der Waals surface area contributed by atoms with Crippen molar-refractivity contribution in [2.45, 2.75) is 27.4 Å². The molecule has 0 saturated heterocycles. The molecule has 86 valence electrons. The van der Waals surface area contributed by atoms with Crippen LogP contribution in [0.5, 0.6) is 0 Å². The monoisotopic (exact) mass is 222 g/mol. The highest BCUT2D eigenvalue weighted by atomic mass is 16.5. The Balaban J connectivity index is 2.80. The van der Waals surface area contributed by atoms with E-state index in [1.807, 2.05) is 0 Å². The fraction of sp³-hybridized carbons (Fsp3) is 0.333. The van der Waals surface area contributed by atoms with E-state index in [9.17, 15) is 9.59 Å². The summed E-state index contributed by atoms with van der Waals surface area (Å²) < 4.78 is 9.82. The number of aryl methyl sites for hydroxylation is 1. The topological polar surface area (TPSA) is 56.5 Å². The first-order chi connectivity index (χ1) is 7.41. The average molecular weight is 222 g/mol. The first-order valence-corrected chi connectivity index (χ1v) is 4.84. The Labute approximate surface area is 93.5 Å². The number of carbonyl (C=O) groups excluding carboxylic acids is 1. The van der Waals surface area contributed by atoms with E-state index in [1.54, 1.807) is 26.8 Å². The summed E-state index contributed by atoms with van der Waals surface area (Å²) >= 11 is 0. The van der Waals surface area contributed by atoms with Gasteiger partial charge in [0.15, 0.2) is 0 Å². The maximum absolute atomic E-state index is 11.3. The zero-order chi connectivity index (χ0) is 12.3. The van der Waals surface area contributed by atoms with Crippen LogP contribution in [0.25, 0.3) is 0 Å². The smallest absolute Gasteiger partial charge is 0.339 e. The number of esters is 1. The molecule has 0 radical (unpaired) electrons. The Morgan fingerprint density at radius 2 is 2.12 bits per heavy atom. The van der Waals surface area contributed by atoms with Crippen LogP contribution >= 0.6 is 0 Å². The van der Waals surface area contributed by atoms with E-state index in [4.69, 9.17) is 9.15 Å². The highest BCUT2D eigenvalue weighted by Gasteiger charge is 2.08. The second-order valence-corrected chi connectivity index (χ2v) is 3.66. The van der Waals surface area contributed by atoms with E-state index >= 15 is 0 Å². The number of rotatable bonds is 3. The van der Waals surface area contributed by atoms with Crippen LogP contribution in [0.4, 0.5) is 0 Å². The normalized spacial score (nSPS) is 9.94. The van der Waals surface area contributed by atoms with Gasteiger partial charge in [0.2, 0.25) is 0 Å². The molecule has 0 spiro atoms. The quantitative estimate of drug-likeness (QED) is 0.578. The predicted octanol–water partition coefficient (Wildman–Crippen LogP) is 1.88. The number of carbonyl (C=O) groups is 1. The second kappa shape index (κ2) is 4.79. The maximum Gasteiger partial charge on any atom is 0.339 e. The molecule has 0 aliphatic carbocycles. The molecular formula is C12H14O4. The van der Waals surface area contributed by atoms with Gasteiger partial charge in [-0.1, -0.05) is 6.58 Å². The van der Waals surface area contributed by atoms with Crippen LogP contribution in [-0.2, 0) is 16.1 Å². The summed E-state index contributed by atoms with van der Waals surface area (Å²) in [6.45, 7) is 8.44. The molecule has 16 heavy (non-hydrogen) atoms. The Hall–Kier alpha value is -1.84. The van der Waals surface area contributed by atoms with Crippen LogP contribution in [0.3, 0.4) is 0 Å². The zero-order valence-corrected chi connectivity index (χ0v) is 9.62. The highest BCUT2D eigenvalue weighted by molar-refractivity contribution is 5.86.